The van der Waals surface area contributed by atoms with Gasteiger partial charge in [0.25, 0.3) is 0 Å². The summed E-state index contributed by atoms with van der Waals surface area (Å²) < 4.78 is 33.1. The number of benzene rings is 1. The molecule has 8 heteroatoms. The lowest BCUT2D eigenvalue weighted by Crippen LogP contribution is -2.25. The molecule has 1 unspecified atom stereocenters. The van der Waals surface area contributed by atoms with E-state index in [2.05, 4.69) is 21.7 Å². The average molecular weight is 410 g/mol. The summed E-state index contributed by atoms with van der Waals surface area (Å²) in [5, 5.41) is 0.923. The third kappa shape index (κ3) is 5.34. The molecule has 3 rings (SSSR count). The number of hydrogen-bond donors (Lipinski definition) is 0. The van der Waals surface area contributed by atoms with Crippen LogP contribution in [0.15, 0.2) is 41.7 Å². The van der Waals surface area contributed by atoms with E-state index < -0.39 is 10.0 Å². The zero-order valence-corrected chi connectivity index (χ0v) is 17.5. The second-order valence-electron chi connectivity index (χ2n) is 6.84. The first-order chi connectivity index (χ1) is 13.0. The quantitative estimate of drug-likeness (QED) is 0.470. The predicted octanol–water partition coefficient (Wildman–Crippen LogP) is 3.10. The fourth-order valence-electron chi connectivity index (χ4n) is 3.07. The molecule has 0 aliphatic carbocycles. The summed E-state index contributed by atoms with van der Waals surface area (Å²) >= 11 is 1.61. The lowest BCUT2D eigenvalue weighted by molar-refractivity contribution is 0.0954. The van der Waals surface area contributed by atoms with E-state index in [4.69, 9.17) is 4.74 Å². The maximum atomic E-state index is 11.9. The molecular weight excluding hydrogens is 382 g/mol. The Morgan fingerprint density at radius 2 is 2.07 bits per heavy atom. The molecule has 1 aromatic heterocycles. The van der Waals surface area contributed by atoms with Crippen LogP contribution >= 0.6 is 11.8 Å². The Balaban J connectivity index is 1.71. The van der Waals surface area contributed by atoms with E-state index in [1.165, 1.54) is 4.31 Å². The van der Waals surface area contributed by atoms with Crippen LogP contribution < -0.4 is 0 Å². The van der Waals surface area contributed by atoms with Gasteiger partial charge in [-0.25, -0.2) is 17.7 Å². The standard InChI is InChI=1S/C19H27N3O3S2/c1-21(2)27(23,24)13-7-12-26-19-20-14-18(16-8-4-3-5-9-16)22(19)15-17-10-6-11-25-17/h3-5,8-9,14,17H,6-7,10-13,15H2,1-2H3. The number of thioether (sulfide) groups is 1. The van der Waals surface area contributed by atoms with Crippen LogP contribution in [0.2, 0.25) is 0 Å². The molecule has 1 atom stereocenters. The van der Waals surface area contributed by atoms with Crippen molar-refractivity contribution >= 4 is 21.8 Å². The van der Waals surface area contributed by atoms with Crippen molar-refractivity contribution in [3.63, 3.8) is 0 Å². The number of rotatable bonds is 9. The molecule has 2 aromatic rings. The topological polar surface area (TPSA) is 64.4 Å². The van der Waals surface area contributed by atoms with E-state index in [9.17, 15) is 8.42 Å². The number of hydrogen-bond acceptors (Lipinski definition) is 5. The lowest BCUT2D eigenvalue weighted by Gasteiger charge is -2.16. The molecule has 1 aliphatic rings. The summed E-state index contributed by atoms with van der Waals surface area (Å²) in [4.78, 5) is 4.61. The Labute approximate surface area is 166 Å². The Hall–Kier alpha value is -1.35. The van der Waals surface area contributed by atoms with Crippen molar-refractivity contribution in [2.45, 2.75) is 37.1 Å². The molecule has 2 heterocycles. The highest BCUT2D eigenvalue weighted by Crippen LogP contribution is 2.28. The van der Waals surface area contributed by atoms with Crippen molar-refractivity contribution in [2.75, 3.05) is 32.2 Å². The number of sulfonamides is 1. The van der Waals surface area contributed by atoms with Crippen LogP contribution in [0.1, 0.15) is 19.3 Å². The molecule has 1 fully saturated rings. The van der Waals surface area contributed by atoms with Gasteiger partial charge in [0.1, 0.15) is 0 Å². The highest BCUT2D eigenvalue weighted by molar-refractivity contribution is 7.99. The summed E-state index contributed by atoms with van der Waals surface area (Å²) in [7, 11) is -0.00169. The molecule has 27 heavy (non-hydrogen) atoms. The van der Waals surface area contributed by atoms with Crippen LogP contribution in [0.5, 0.6) is 0 Å². The molecule has 0 spiro atoms. The van der Waals surface area contributed by atoms with E-state index >= 15 is 0 Å². The summed E-state index contributed by atoms with van der Waals surface area (Å²) in [6.07, 6.45) is 4.89. The largest absolute Gasteiger partial charge is 0.376 e. The predicted molar refractivity (Wildman–Crippen MR) is 109 cm³/mol. The van der Waals surface area contributed by atoms with Crippen molar-refractivity contribution in [1.82, 2.24) is 13.9 Å². The molecule has 0 N–H and O–H groups in total. The molecule has 1 aromatic carbocycles. The molecule has 0 radical (unpaired) electrons. The van der Waals surface area contributed by atoms with Crippen LogP contribution in [-0.4, -0.2) is 60.6 Å². The van der Waals surface area contributed by atoms with Gasteiger partial charge in [-0.15, -0.1) is 0 Å². The molecular formula is C19H27N3O3S2. The van der Waals surface area contributed by atoms with Gasteiger partial charge in [0.15, 0.2) is 5.16 Å². The molecule has 0 amide bonds. The van der Waals surface area contributed by atoms with Crippen LogP contribution in [-0.2, 0) is 21.3 Å². The van der Waals surface area contributed by atoms with Crippen LogP contribution in [0, 0.1) is 0 Å². The van der Waals surface area contributed by atoms with Gasteiger partial charge in [-0.05, 0) is 24.8 Å². The van der Waals surface area contributed by atoms with E-state index in [1.807, 2.05) is 24.4 Å². The molecule has 148 valence electrons. The van der Waals surface area contributed by atoms with Gasteiger partial charge < -0.3 is 9.30 Å². The van der Waals surface area contributed by atoms with E-state index in [1.54, 1.807) is 25.9 Å². The maximum Gasteiger partial charge on any atom is 0.213 e. The fraction of sp³-hybridized carbons (Fsp3) is 0.526. The van der Waals surface area contributed by atoms with Crippen molar-refractivity contribution in [2.24, 2.45) is 0 Å². The number of ether oxygens (including phenoxy) is 1. The first kappa shape index (κ1) is 20.4. The first-order valence-electron chi connectivity index (χ1n) is 9.23. The smallest absolute Gasteiger partial charge is 0.213 e. The second-order valence-corrected chi connectivity index (χ2v) is 10.2. The second kappa shape index (κ2) is 9.23. The lowest BCUT2D eigenvalue weighted by atomic mass is 10.1. The molecule has 0 saturated carbocycles. The average Bonchev–Trinajstić information content (AvgIpc) is 3.30. The van der Waals surface area contributed by atoms with Gasteiger partial charge in [-0.1, -0.05) is 42.1 Å². The SMILES string of the molecule is CN(C)S(=O)(=O)CCCSc1ncc(-c2ccccc2)n1CC1CCCO1. The first-order valence-corrected chi connectivity index (χ1v) is 11.8. The number of imidazole rings is 1. The minimum atomic E-state index is -3.15. The molecule has 1 saturated heterocycles. The van der Waals surface area contributed by atoms with E-state index in [0.717, 1.165) is 42.4 Å². The Morgan fingerprint density at radius 3 is 2.74 bits per heavy atom. The van der Waals surface area contributed by atoms with Crippen LogP contribution in [0.4, 0.5) is 0 Å². The van der Waals surface area contributed by atoms with Gasteiger partial charge in [0, 0.05) is 26.5 Å². The number of aromatic nitrogens is 2. The third-order valence-electron chi connectivity index (χ3n) is 4.63. The third-order valence-corrected chi connectivity index (χ3v) is 7.63. The monoisotopic (exact) mass is 409 g/mol. The Morgan fingerprint density at radius 1 is 1.30 bits per heavy atom. The highest BCUT2D eigenvalue weighted by atomic mass is 32.2. The van der Waals surface area contributed by atoms with Crippen molar-refractivity contribution < 1.29 is 13.2 Å². The van der Waals surface area contributed by atoms with E-state index in [0.29, 0.717) is 12.2 Å². The van der Waals surface area contributed by atoms with Gasteiger partial charge in [0.05, 0.1) is 30.3 Å². The van der Waals surface area contributed by atoms with Crippen LogP contribution in [0.25, 0.3) is 11.3 Å². The molecule has 1 aliphatic heterocycles. The minimum absolute atomic E-state index is 0.158. The zero-order valence-electron chi connectivity index (χ0n) is 15.9. The maximum absolute atomic E-state index is 11.9. The van der Waals surface area contributed by atoms with Gasteiger partial charge in [-0.2, -0.15) is 0 Å². The Bertz CT molecular complexity index is 829. The van der Waals surface area contributed by atoms with Crippen molar-refractivity contribution in [1.29, 1.82) is 0 Å². The minimum Gasteiger partial charge on any atom is -0.376 e. The normalized spacial score (nSPS) is 17.7. The van der Waals surface area contributed by atoms with Gasteiger partial charge >= 0.3 is 0 Å². The Kier molecular flexibility index (Phi) is 6.97. The summed E-state index contributed by atoms with van der Waals surface area (Å²) in [5.74, 6) is 0.870. The fourth-order valence-corrected chi connectivity index (χ4v) is 5.05. The van der Waals surface area contributed by atoms with E-state index in [-0.39, 0.29) is 11.9 Å². The highest BCUT2D eigenvalue weighted by Gasteiger charge is 2.21. The number of nitrogens with zero attached hydrogens (tertiary/aromatic N) is 3. The summed E-state index contributed by atoms with van der Waals surface area (Å²) in [6, 6.07) is 10.2. The van der Waals surface area contributed by atoms with Gasteiger partial charge in [0.2, 0.25) is 10.0 Å². The van der Waals surface area contributed by atoms with Crippen molar-refractivity contribution in [3.8, 4) is 11.3 Å². The van der Waals surface area contributed by atoms with Crippen LogP contribution in [0.3, 0.4) is 0 Å². The summed E-state index contributed by atoms with van der Waals surface area (Å²) in [6.45, 7) is 1.60. The van der Waals surface area contributed by atoms with Gasteiger partial charge in [-0.3, -0.25) is 0 Å². The molecule has 6 nitrogen and oxygen atoms in total. The van der Waals surface area contributed by atoms with Crippen molar-refractivity contribution in [3.05, 3.63) is 36.5 Å². The molecule has 0 bridgehead atoms. The zero-order chi connectivity index (χ0) is 19.3. The summed E-state index contributed by atoms with van der Waals surface area (Å²) in [5.41, 5.74) is 2.21.